The molecule has 0 aromatic heterocycles. The lowest BCUT2D eigenvalue weighted by molar-refractivity contribution is 1.12. The van der Waals surface area contributed by atoms with Crippen LogP contribution in [-0.2, 0) is 12.8 Å². The second-order valence-electron chi connectivity index (χ2n) is 3.87. The lowest BCUT2D eigenvalue weighted by Crippen LogP contribution is -1.95. The van der Waals surface area contributed by atoms with Gasteiger partial charge < -0.3 is 0 Å². The number of nitrogens with zero attached hydrogens (tertiary/aromatic N) is 1. The number of halogens is 1. The van der Waals surface area contributed by atoms with Gasteiger partial charge in [-0.1, -0.05) is 54.1 Å². The molecule has 0 aliphatic heterocycles. The summed E-state index contributed by atoms with van der Waals surface area (Å²) in [7, 11) is 0. The summed E-state index contributed by atoms with van der Waals surface area (Å²) in [6, 6.07) is 18.0. The van der Waals surface area contributed by atoms with E-state index >= 15 is 0 Å². The van der Waals surface area contributed by atoms with Crippen LogP contribution in [0.4, 0.5) is 0 Å². The van der Waals surface area contributed by atoms with E-state index in [1.54, 1.807) is 0 Å². The minimum Gasteiger partial charge on any atom is -0.198 e. The van der Waals surface area contributed by atoms with Gasteiger partial charge in [0.15, 0.2) is 0 Å². The molecule has 0 amide bonds. The number of benzene rings is 2. The summed E-state index contributed by atoms with van der Waals surface area (Å²) < 4.78 is 0. The fourth-order valence-corrected chi connectivity index (χ4v) is 2.04. The molecule has 0 N–H and O–H groups in total. The van der Waals surface area contributed by atoms with Crippen LogP contribution < -0.4 is 0 Å². The molecule has 0 fully saturated rings. The van der Waals surface area contributed by atoms with E-state index in [9.17, 15) is 0 Å². The molecule has 0 saturated carbocycles. The van der Waals surface area contributed by atoms with Crippen molar-refractivity contribution in [2.75, 3.05) is 0 Å². The summed E-state index contributed by atoms with van der Waals surface area (Å²) in [5.41, 5.74) is 3.34. The van der Waals surface area contributed by atoms with Gasteiger partial charge in [-0.05, 0) is 29.2 Å². The van der Waals surface area contributed by atoms with Crippen LogP contribution in [0.3, 0.4) is 0 Å². The predicted molar refractivity (Wildman–Crippen MR) is 70.0 cm³/mol. The zero-order valence-electron chi connectivity index (χ0n) is 9.36. The highest BCUT2D eigenvalue weighted by Gasteiger charge is 2.05. The van der Waals surface area contributed by atoms with Crippen molar-refractivity contribution in [1.82, 2.24) is 0 Å². The van der Waals surface area contributed by atoms with Crippen LogP contribution in [-0.4, -0.2) is 0 Å². The monoisotopic (exact) mass is 241 g/mol. The van der Waals surface area contributed by atoms with Gasteiger partial charge in [-0.3, -0.25) is 0 Å². The topological polar surface area (TPSA) is 23.8 Å². The minimum absolute atomic E-state index is 0.445. The van der Waals surface area contributed by atoms with E-state index in [2.05, 4.69) is 12.1 Å². The van der Waals surface area contributed by atoms with Crippen LogP contribution in [0.2, 0.25) is 5.02 Å². The van der Waals surface area contributed by atoms with E-state index < -0.39 is 0 Å². The molecule has 2 aromatic rings. The minimum atomic E-state index is 0.445. The second-order valence-corrected chi connectivity index (χ2v) is 4.28. The van der Waals surface area contributed by atoms with E-state index in [-0.39, 0.29) is 0 Å². The van der Waals surface area contributed by atoms with Crippen molar-refractivity contribution >= 4 is 11.6 Å². The highest BCUT2D eigenvalue weighted by Crippen LogP contribution is 2.21. The third kappa shape index (κ3) is 2.87. The third-order valence-corrected chi connectivity index (χ3v) is 3.10. The fraction of sp³-hybridized carbons (Fsp3) is 0.133. The van der Waals surface area contributed by atoms with Crippen LogP contribution >= 0.6 is 11.6 Å². The molecular formula is C15H12ClN. The Labute approximate surface area is 106 Å². The van der Waals surface area contributed by atoms with Gasteiger partial charge in [-0.25, -0.2) is 0 Å². The van der Waals surface area contributed by atoms with Gasteiger partial charge in [-0.2, -0.15) is 5.26 Å². The first kappa shape index (κ1) is 11.7. The summed E-state index contributed by atoms with van der Waals surface area (Å²) in [4.78, 5) is 0. The Morgan fingerprint density at radius 3 is 2.12 bits per heavy atom. The molecule has 0 saturated heterocycles. The maximum atomic E-state index is 8.79. The predicted octanol–water partition coefficient (Wildman–Crippen LogP) is 4.00. The van der Waals surface area contributed by atoms with Crippen molar-refractivity contribution < 1.29 is 0 Å². The zero-order valence-corrected chi connectivity index (χ0v) is 10.1. The summed E-state index contributed by atoms with van der Waals surface area (Å²) in [5.74, 6) is 0. The van der Waals surface area contributed by atoms with E-state index in [1.807, 2.05) is 42.5 Å². The molecule has 84 valence electrons. The Hall–Kier alpha value is -1.78. The molecule has 0 heterocycles. The maximum absolute atomic E-state index is 8.79. The molecule has 0 unspecified atom stereocenters. The Morgan fingerprint density at radius 2 is 1.47 bits per heavy atom. The Morgan fingerprint density at radius 1 is 0.882 bits per heavy atom. The molecule has 17 heavy (non-hydrogen) atoms. The van der Waals surface area contributed by atoms with E-state index in [1.165, 1.54) is 5.56 Å². The molecule has 2 aromatic carbocycles. The number of rotatable bonds is 3. The van der Waals surface area contributed by atoms with Crippen molar-refractivity contribution in [3.63, 3.8) is 0 Å². The Bertz CT molecular complexity index is 555. The summed E-state index contributed by atoms with van der Waals surface area (Å²) in [5, 5.41) is 9.57. The summed E-state index contributed by atoms with van der Waals surface area (Å²) in [6.07, 6.45) is 1.22. The second kappa shape index (κ2) is 5.52. The molecule has 0 aliphatic rings. The van der Waals surface area contributed by atoms with Crippen molar-refractivity contribution in [2.24, 2.45) is 0 Å². The van der Waals surface area contributed by atoms with E-state index in [4.69, 9.17) is 16.9 Å². The molecule has 2 rings (SSSR count). The number of hydrogen-bond donors (Lipinski definition) is 0. The normalized spacial score (nSPS) is 9.88. The first-order chi connectivity index (χ1) is 8.31. The van der Waals surface area contributed by atoms with Crippen molar-refractivity contribution in [3.8, 4) is 6.07 Å². The van der Waals surface area contributed by atoms with E-state index in [0.29, 0.717) is 6.42 Å². The van der Waals surface area contributed by atoms with Crippen molar-refractivity contribution in [2.45, 2.75) is 12.8 Å². The van der Waals surface area contributed by atoms with Crippen molar-refractivity contribution in [1.29, 1.82) is 5.26 Å². The SMILES string of the molecule is N#CCc1ccccc1Cc1ccccc1Cl. The first-order valence-electron chi connectivity index (χ1n) is 5.48. The van der Waals surface area contributed by atoms with Gasteiger partial charge in [-0.15, -0.1) is 0 Å². The number of nitriles is 1. The summed E-state index contributed by atoms with van der Waals surface area (Å²) >= 11 is 6.14. The Balaban J connectivity index is 2.31. The standard InChI is InChI=1S/C15H12ClN/c16-15-8-4-3-7-14(15)11-13-6-2-1-5-12(13)9-10-17/h1-8H,9,11H2. The molecule has 0 aliphatic carbocycles. The lowest BCUT2D eigenvalue weighted by Gasteiger charge is -2.08. The third-order valence-electron chi connectivity index (χ3n) is 2.73. The quantitative estimate of drug-likeness (QED) is 0.797. The highest BCUT2D eigenvalue weighted by atomic mass is 35.5. The van der Waals surface area contributed by atoms with Crippen LogP contribution in [0.5, 0.6) is 0 Å². The van der Waals surface area contributed by atoms with Crippen LogP contribution in [0.1, 0.15) is 16.7 Å². The summed E-state index contributed by atoms with van der Waals surface area (Å²) in [6.45, 7) is 0. The van der Waals surface area contributed by atoms with Crippen LogP contribution in [0, 0.1) is 11.3 Å². The van der Waals surface area contributed by atoms with Gasteiger partial charge in [0.2, 0.25) is 0 Å². The molecule has 2 heteroatoms. The molecular weight excluding hydrogens is 230 g/mol. The molecule has 0 atom stereocenters. The Kier molecular flexibility index (Phi) is 3.80. The molecule has 1 nitrogen and oxygen atoms in total. The first-order valence-corrected chi connectivity index (χ1v) is 5.86. The lowest BCUT2D eigenvalue weighted by atomic mass is 9.98. The van der Waals surface area contributed by atoms with Gasteiger partial charge in [0.25, 0.3) is 0 Å². The smallest absolute Gasteiger partial charge is 0.0669 e. The number of hydrogen-bond acceptors (Lipinski definition) is 1. The average molecular weight is 242 g/mol. The maximum Gasteiger partial charge on any atom is 0.0669 e. The van der Waals surface area contributed by atoms with Gasteiger partial charge >= 0.3 is 0 Å². The van der Waals surface area contributed by atoms with Crippen LogP contribution in [0.25, 0.3) is 0 Å². The highest BCUT2D eigenvalue weighted by molar-refractivity contribution is 6.31. The molecule has 0 spiro atoms. The van der Waals surface area contributed by atoms with Crippen LogP contribution in [0.15, 0.2) is 48.5 Å². The fourth-order valence-electron chi connectivity index (χ4n) is 1.83. The van der Waals surface area contributed by atoms with E-state index in [0.717, 1.165) is 22.6 Å². The van der Waals surface area contributed by atoms with Gasteiger partial charge in [0, 0.05) is 5.02 Å². The van der Waals surface area contributed by atoms with Gasteiger partial charge in [0.05, 0.1) is 12.5 Å². The largest absolute Gasteiger partial charge is 0.198 e. The average Bonchev–Trinajstić information content (AvgIpc) is 2.35. The zero-order chi connectivity index (χ0) is 12.1. The van der Waals surface area contributed by atoms with Gasteiger partial charge in [0.1, 0.15) is 0 Å². The van der Waals surface area contributed by atoms with Crippen molar-refractivity contribution in [3.05, 3.63) is 70.2 Å². The molecule has 0 radical (unpaired) electrons. The molecule has 0 bridgehead atoms.